The van der Waals surface area contributed by atoms with Crippen LogP contribution in [0.2, 0.25) is 5.28 Å². The first-order chi connectivity index (χ1) is 9.66. The molecule has 0 spiro atoms. The van der Waals surface area contributed by atoms with Crippen LogP contribution < -0.4 is 9.80 Å². The van der Waals surface area contributed by atoms with Gasteiger partial charge in [-0.2, -0.15) is 4.98 Å². The summed E-state index contributed by atoms with van der Waals surface area (Å²) in [7, 11) is 1.78. The zero-order valence-corrected chi connectivity index (χ0v) is 12.4. The predicted molar refractivity (Wildman–Crippen MR) is 79.3 cm³/mol. The van der Waals surface area contributed by atoms with E-state index >= 15 is 0 Å². The largest absolute Gasteiger partial charge is 0.351 e. The number of carbonyl (C=O) groups excluding carboxylic acids is 1. The standard InChI is InChI=1S/C14H19ClN4O/c1-18-11-9-16-14(15)17-13(11)19(8-7-12(18)20)10-5-3-2-4-6-10/h9-10H,2-8H2,1H3. The molecule has 1 aromatic rings. The molecule has 0 atom stereocenters. The Balaban J connectivity index is 2.00. The topological polar surface area (TPSA) is 49.3 Å². The number of aromatic nitrogens is 2. The summed E-state index contributed by atoms with van der Waals surface area (Å²) in [6.07, 6.45) is 8.31. The van der Waals surface area contributed by atoms with E-state index in [1.807, 2.05) is 0 Å². The van der Waals surface area contributed by atoms with Gasteiger partial charge in [0, 0.05) is 26.1 Å². The van der Waals surface area contributed by atoms with Crippen molar-refractivity contribution in [3.05, 3.63) is 11.5 Å². The summed E-state index contributed by atoms with van der Waals surface area (Å²) in [5, 5.41) is 0.243. The Labute approximate surface area is 123 Å². The van der Waals surface area contributed by atoms with E-state index in [-0.39, 0.29) is 11.2 Å². The van der Waals surface area contributed by atoms with Gasteiger partial charge in [-0.15, -0.1) is 0 Å². The van der Waals surface area contributed by atoms with E-state index in [2.05, 4.69) is 14.9 Å². The van der Waals surface area contributed by atoms with E-state index in [1.54, 1.807) is 18.1 Å². The van der Waals surface area contributed by atoms with Crippen LogP contribution in [0.15, 0.2) is 6.20 Å². The van der Waals surface area contributed by atoms with Gasteiger partial charge in [0.1, 0.15) is 5.69 Å². The maximum absolute atomic E-state index is 12.1. The van der Waals surface area contributed by atoms with Gasteiger partial charge in [0.2, 0.25) is 11.2 Å². The van der Waals surface area contributed by atoms with Crippen LogP contribution >= 0.6 is 11.6 Å². The van der Waals surface area contributed by atoms with Gasteiger partial charge in [-0.3, -0.25) is 4.79 Å². The number of rotatable bonds is 1. The fourth-order valence-corrected chi connectivity index (χ4v) is 3.29. The summed E-state index contributed by atoms with van der Waals surface area (Å²) >= 11 is 5.97. The van der Waals surface area contributed by atoms with Crippen LogP contribution in [0.25, 0.3) is 0 Å². The van der Waals surface area contributed by atoms with Gasteiger partial charge < -0.3 is 9.80 Å². The van der Waals surface area contributed by atoms with Gasteiger partial charge in [-0.05, 0) is 24.4 Å². The third kappa shape index (κ3) is 2.46. The number of carbonyl (C=O) groups is 1. The van der Waals surface area contributed by atoms with Crippen molar-refractivity contribution in [3.8, 4) is 0 Å². The molecule has 3 rings (SSSR count). The normalized spacial score (nSPS) is 20.8. The second-order valence-corrected chi connectivity index (χ2v) is 5.87. The zero-order chi connectivity index (χ0) is 14.1. The lowest BCUT2D eigenvalue weighted by atomic mass is 9.94. The Morgan fingerprint density at radius 3 is 2.80 bits per heavy atom. The number of fused-ring (bicyclic) bond motifs is 1. The summed E-state index contributed by atoms with van der Waals surface area (Å²) in [5.41, 5.74) is 0.766. The van der Waals surface area contributed by atoms with Crippen molar-refractivity contribution in [1.29, 1.82) is 0 Å². The van der Waals surface area contributed by atoms with E-state index in [0.717, 1.165) is 11.5 Å². The average molecular weight is 295 g/mol. The van der Waals surface area contributed by atoms with Gasteiger partial charge in [-0.25, -0.2) is 4.98 Å². The Kier molecular flexibility index (Phi) is 3.78. The monoisotopic (exact) mass is 294 g/mol. The highest BCUT2D eigenvalue weighted by Crippen LogP contribution is 2.35. The minimum atomic E-state index is 0.107. The lowest BCUT2D eigenvalue weighted by molar-refractivity contribution is -0.118. The molecular weight excluding hydrogens is 276 g/mol. The average Bonchev–Trinajstić information content (AvgIpc) is 2.58. The highest BCUT2D eigenvalue weighted by atomic mass is 35.5. The molecule has 0 aromatic carbocycles. The Hall–Kier alpha value is -1.36. The van der Waals surface area contributed by atoms with Crippen LogP contribution in [0, 0.1) is 0 Å². The summed E-state index contributed by atoms with van der Waals surface area (Å²) in [6, 6.07) is 0.466. The quantitative estimate of drug-likeness (QED) is 0.747. The smallest absolute Gasteiger partial charge is 0.228 e. The summed E-state index contributed by atoms with van der Waals surface area (Å²) in [6.45, 7) is 0.716. The summed E-state index contributed by atoms with van der Waals surface area (Å²) < 4.78 is 0. The molecule has 1 saturated carbocycles. The summed E-state index contributed by atoms with van der Waals surface area (Å²) in [5.74, 6) is 0.917. The Morgan fingerprint density at radius 1 is 1.30 bits per heavy atom. The van der Waals surface area contributed by atoms with Gasteiger partial charge in [0.15, 0.2) is 5.82 Å². The number of hydrogen-bond acceptors (Lipinski definition) is 4. The molecule has 1 aliphatic carbocycles. The SMILES string of the molecule is CN1C(=O)CCN(C2CCCCC2)c2nc(Cl)ncc21. The molecule has 2 heterocycles. The molecule has 0 N–H and O–H groups in total. The van der Waals surface area contributed by atoms with E-state index < -0.39 is 0 Å². The van der Waals surface area contributed by atoms with Crippen molar-refractivity contribution < 1.29 is 4.79 Å². The zero-order valence-electron chi connectivity index (χ0n) is 11.7. The molecule has 0 bridgehead atoms. The molecule has 6 heteroatoms. The van der Waals surface area contributed by atoms with Crippen molar-refractivity contribution in [2.24, 2.45) is 0 Å². The third-order valence-electron chi connectivity index (χ3n) is 4.31. The lowest BCUT2D eigenvalue weighted by Gasteiger charge is -2.35. The second kappa shape index (κ2) is 5.56. The van der Waals surface area contributed by atoms with Crippen LogP contribution in [0.1, 0.15) is 38.5 Å². The number of hydrogen-bond donors (Lipinski definition) is 0. The maximum atomic E-state index is 12.1. The van der Waals surface area contributed by atoms with Gasteiger partial charge >= 0.3 is 0 Å². The van der Waals surface area contributed by atoms with Crippen LogP contribution in [-0.4, -0.2) is 35.5 Å². The van der Waals surface area contributed by atoms with Crippen LogP contribution in [-0.2, 0) is 4.79 Å². The van der Waals surface area contributed by atoms with E-state index in [4.69, 9.17) is 11.6 Å². The Morgan fingerprint density at radius 2 is 2.05 bits per heavy atom. The van der Waals surface area contributed by atoms with Crippen molar-refractivity contribution in [2.75, 3.05) is 23.4 Å². The molecule has 0 radical (unpaired) electrons. The fourth-order valence-electron chi connectivity index (χ4n) is 3.17. The highest BCUT2D eigenvalue weighted by Gasteiger charge is 2.30. The first-order valence-corrected chi connectivity index (χ1v) is 7.60. The van der Waals surface area contributed by atoms with Crippen molar-refractivity contribution in [2.45, 2.75) is 44.6 Å². The lowest BCUT2D eigenvalue weighted by Crippen LogP contribution is -2.38. The fraction of sp³-hybridized carbons (Fsp3) is 0.643. The molecule has 1 fully saturated rings. The molecule has 5 nitrogen and oxygen atoms in total. The molecule has 20 heavy (non-hydrogen) atoms. The van der Waals surface area contributed by atoms with E-state index in [1.165, 1.54) is 32.1 Å². The molecule has 0 unspecified atom stereocenters. The number of halogens is 1. The molecular formula is C14H19ClN4O. The molecule has 1 aromatic heterocycles. The van der Waals surface area contributed by atoms with Crippen LogP contribution in [0.3, 0.4) is 0 Å². The number of amides is 1. The second-order valence-electron chi connectivity index (χ2n) is 5.54. The minimum absolute atomic E-state index is 0.107. The van der Waals surface area contributed by atoms with Crippen LogP contribution in [0.5, 0.6) is 0 Å². The molecule has 1 aliphatic heterocycles. The third-order valence-corrected chi connectivity index (χ3v) is 4.49. The molecule has 108 valence electrons. The molecule has 2 aliphatic rings. The Bertz CT molecular complexity index is 516. The van der Waals surface area contributed by atoms with Crippen molar-refractivity contribution >= 4 is 29.0 Å². The molecule has 0 saturated heterocycles. The molecule has 1 amide bonds. The number of nitrogens with zero attached hydrogens (tertiary/aromatic N) is 4. The number of anilines is 2. The van der Waals surface area contributed by atoms with Crippen molar-refractivity contribution in [3.63, 3.8) is 0 Å². The minimum Gasteiger partial charge on any atom is -0.351 e. The van der Waals surface area contributed by atoms with Crippen LogP contribution in [0.4, 0.5) is 11.5 Å². The van der Waals surface area contributed by atoms with Gasteiger partial charge in [0.05, 0.1) is 6.20 Å². The maximum Gasteiger partial charge on any atom is 0.228 e. The first kappa shape index (κ1) is 13.6. The van der Waals surface area contributed by atoms with Gasteiger partial charge in [0.25, 0.3) is 0 Å². The van der Waals surface area contributed by atoms with E-state index in [0.29, 0.717) is 19.0 Å². The predicted octanol–water partition coefficient (Wildman–Crippen LogP) is 2.64. The van der Waals surface area contributed by atoms with E-state index in [9.17, 15) is 4.79 Å². The van der Waals surface area contributed by atoms with Gasteiger partial charge in [-0.1, -0.05) is 19.3 Å². The highest BCUT2D eigenvalue weighted by molar-refractivity contribution is 6.28. The van der Waals surface area contributed by atoms with Crippen molar-refractivity contribution in [1.82, 2.24) is 9.97 Å². The first-order valence-electron chi connectivity index (χ1n) is 7.22. The summed E-state index contributed by atoms with van der Waals surface area (Å²) in [4.78, 5) is 24.4.